The van der Waals surface area contributed by atoms with Crippen LogP contribution in [0.4, 0.5) is 0 Å². The highest BCUT2D eigenvalue weighted by Gasteiger charge is 2.43. The van der Waals surface area contributed by atoms with Crippen molar-refractivity contribution in [2.75, 3.05) is 7.11 Å². The summed E-state index contributed by atoms with van der Waals surface area (Å²) in [6, 6.07) is 7.90. The molecule has 5 nitrogen and oxygen atoms in total. The van der Waals surface area contributed by atoms with Crippen LogP contribution < -0.4 is 0 Å². The molecule has 0 aliphatic heterocycles. The van der Waals surface area contributed by atoms with Crippen molar-refractivity contribution >= 4 is 5.97 Å². The van der Waals surface area contributed by atoms with E-state index in [2.05, 4.69) is 9.62 Å². The highest BCUT2D eigenvalue weighted by molar-refractivity contribution is 5.77. The van der Waals surface area contributed by atoms with Crippen molar-refractivity contribution in [2.24, 2.45) is 0 Å². The van der Waals surface area contributed by atoms with Crippen LogP contribution in [0, 0.1) is 0 Å². The third-order valence-corrected chi connectivity index (χ3v) is 1.85. The van der Waals surface area contributed by atoms with E-state index in [0.29, 0.717) is 0 Å². The van der Waals surface area contributed by atoms with Gasteiger partial charge in [0.1, 0.15) is 0 Å². The first kappa shape index (κ1) is 10.6. The van der Waals surface area contributed by atoms with E-state index in [-0.39, 0.29) is 5.56 Å². The first-order chi connectivity index (χ1) is 6.67. The fourth-order valence-electron chi connectivity index (χ4n) is 1.12. The number of carboxylic acid groups (broad SMARTS) is 1. The van der Waals surface area contributed by atoms with Gasteiger partial charge < -0.3 is 9.84 Å². The number of ether oxygens (including phenoxy) is 1. The van der Waals surface area contributed by atoms with Gasteiger partial charge in [0.15, 0.2) is 0 Å². The maximum Gasteiger partial charge on any atom is 0.372 e. The summed E-state index contributed by atoms with van der Waals surface area (Å²) in [6.07, 6.45) is 0. The van der Waals surface area contributed by atoms with Crippen molar-refractivity contribution in [2.45, 2.75) is 5.79 Å². The summed E-state index contributed by atoms with van der Waals surface area (Å²) in [5.41, 5.74) is 0.206. The van der Waals surface area contributed by atoms with Crippen LogP contribution in [0.1, 0.15) is 5.56 Å². The monoisotopic (exact) mass is 198 g/mol. The molecule has 5 heteroatoms. The van der Waals surface area contributed by atoms with E-state index in [1.165, 1.54) is 12.1 Å². The molecule has 0 heterocycles. The molecule has 0 aromatic heterocycles. The minimum Gasteiger partial charge on any atom is -0.477 e. The number of benzene rings is 1. The molecule has 0 bridgehead atoms. The topological polar surface area (TPSA) is 76.0 Å². The van der Waals surface area contributed by atoms with E-state index < -0.39 is 11.8 Å². The van der Waals surface area contributed by atoms with Crippen LogP contribution in [0.2, 0.25) is 0 Å². The minimum atomic E-state index is -2.15. The van der Waals surface area contributed by atoms with Gasteiger partial charge in [-0.3, -0.25) is 0 Å². The van der Waals surface area contributed by atoms with Gasteiger partial charge in [0, 0.05) is 12.7 Å². The SMILES string of the molecule is COC(OO)(C(=O)O)c1ccccc1. The number of carbonyl (C=O) groups is 1. The van der Waals surface area contributed by atoms with Gasteiger partial charge in [0.25, 0.3) is 0 Å². The zero-order valence-electron chi connectivity index (χ0n) is 7.51. The maximum absolute atomic E-state index is 10.9. The number of carboxylic acids is 1. The van der Waals surface area contributed by atoms with Crippen molar-refractivity contribution < 1.29 is 24.8 Å². The van der Waals surface area contributed by atoms with Crippen LogP contribution in [0.15, 0.2) is 30.3 Å². The van der Waals surface area contributed by atoms with Crippen LogP contribution in [0.5, 0.6) is 0 Å². The van der Waals surface area contributed by atoms with Gasteiger partial charge in [-0.25, -0.2) is 10.1 Å². The smallest absolute Gasteiger partial charge is 0.372 e. The second-order valence-electron chi connectivity index (χ2n) is 2.58. The Hall–Kier alpha value is -1.43. The molecule has 0 saturated carbocycles. The predicted octanol–water partition coefficient (Wildman–Crippen LogP) is 1.06. The standard InChI is InChI=1S/C9H10O5/c1-13-9(14-12,8(10)11)7-5-3-2-4-6-7/h2-6,12H,1H3,(H,10,11). The van der Waals surface area contributed by atoms with E-state index in [1.807, 2.05) is 0 Å². The van der Waals surface area contributed by atoms with Crippen LogP contribution in [-0.2, 0) is 20.2 Å². The van der Waals surface area contributed by atoms with Crippen molar-refractivity contribution in [1.82, 2.24) is 0 Å². The average Bonchev–Trinajstić information content (AvgIpc) is 2.22. The first-order valence-electron chi connectivity index (χ1n) is 3.84. The lowest BCUT2D eigenvalue weighted by Gasteiger charge is -2.23. The maximum atomic E-state index is 10.9. The Morgan fingerprint density at radius 3 is 2.29 bits per heavy atom. The molecule has 0 radical (unpaired) electrons. The molecule has 76 valence electrons. The molecule has 1 aromatic rings. The van der Waals surface area contributed by atoms with Crippen LogP contribution in [0.25, 0.3) is 0 Å². The Morgan fingerprint density at radius 2 is 1.93 bits per heavy atom. The molecule has 0 aliphatic rings. The van der Waals surface area contributed by atoms with Crippen LogP contribution in [-0.4, -0.2) is 23.4 Å². The quantitative estimate of drug-likeness (QED) is 0.429. The van der Waals surface area contributed by atoms with Gasteiger partial charge in [0.05, 0.1) is 0 Å². The molecule has 1 rings (SSSR count). The van der Waals surface area contributed by atoms with Crippen LogP contribution in [0.3, 0.4) is 0 Å². The van der Waals surface area contributed by atoms with Gasteiger partial charge in [-0.2, -0.15) is 4.89 Å². The number of methoxy groups -OCH3 is 1. The molecule has 14 heavy (non-hydrogen) atoms. The molecule has 1 aromatic carbocycles. The molecule has 0 saturated heterocycles. The minimum absolute atomic E-state index is 0.206. The summed E-state index contributed by atoms with van der Waals surface area (Å²) in [6.45, 7) is 0. The highest BCUT2D eigenvalue weighted by Crippen LogP contribution is 2.25. The van der Waals surface area contributed by atoms with Gasteiger partial charge in [-0.05, 0) is 0 Å². The van der Waals surface area contributed by atoms with E-state index in [0.717, 1.165) is 7.11 Å². The van der Waals surface area contributed by atoms with Gasteiger partial charge in [-0.15, -0.1) is 0 Å². The lowest BCUT2D eigenvalue weighted by atomic mass is 10.1. The van der Waals surface area contributed by atoms with Crippen LogP contribution >= 0.6 is 0 Å². The lowest BCUT2D eigenvalue weighted by molar-refractivity contribution is -0.393. The first-order valence-corrected chi connectivity index (χ1v) is 3.84. The van der Waals surface area contributed by atoms with Crippen molar-refractivity contribution in [3.05, 3.63) is 35.9 Å². The fourth-order valence-corrected chi connectivity index (χ4v) is 1.12. The third-order valence-electron chi connectivity index (χ3n) is 1.85. The molecule has 1 atom stereocenters. The Labute approximate surface area is 80.4 Å². The van der Waals surface area contributed by atoms with E-state index in [1.54, 1.807) is 18.2 Å². The number of hydrogen-bond donors (Lipinski definition) is 2. The highest BCUT2D eigenvalue weighted by atomic mass is 17.1. The molecular formula is C9H10O5. The van der Waals surface area contributed by atoms with Crippen molar-refractivity contribution in [3.8, 4) is 0 Å². The number of hydrogen-bond acceptors (Lipinski definition) is 4. The number of rotatable bonds is 4. The van der Waals surface area contributed by atoms with Gasteiger partial charge in [-0.1, -0.05) is 30.3 Å². The normalized spacial score (nSPS) is 14.7. The Balaban J connectivity index is 3.18. The second kappa shape index (κ2) is 4.19. The van der Waals surface area contributed by atoms with Crippen molar-refractivity contribution in [3.63, 3.8) is 0 Å². The van der Waals surface area contributed by atoms with Gasteiger partial charge >= 0.3 is 11.8 Å². The summed E-state index contributed by atoms with van der Waals surface area (Å²) in [4.78, 5) is 14.8. The summed E-state index contributed by atoms with van der Waals surface area (Å²) in [5.74, 6) is -3.57. The summed E-state index contributed by atoms with van der Waals surface area (Å²) in [7, 11) is 1.14. The summed E-state index contributed by atoms with van der Waals surface area (Å²) >= 11 is 0. The third kappa shape index (κ3) is 1.60. The molecule has 2 N–H and O–H groups in total. The summed E-state index contributed by atoms with van der Waals surface area (Å²) in [5, 5.41) is 17.5. The molecule has 0 fully saturated rings. The molecule has 1 unspecified atom stereocenters. The predicted molar refractivity (Wildman–Crippen MR) is 46.5 cm³/mol. The Morgan fingerprint density at radius 1 is 1.36 bits per heavy atom. The Kier molecular flexibility index (Phi) is 3.19. The largest absolute Gasteiger partial charge is 0.477 e. The Bertz CT molecular complexity index is 304. The molecular weight excluding hydrogens is 188 g/mol. The van der Waals surface area contributed by atoms with E-state index in [9.17, 15) is 4.79 Å². The van der Waals surface area contributed by atoms with E-state index >= 15 is 0 Å². The molecule has 0 amide bonds. The number of aliphatic carboxylic acids is 1. The lowest BCUT2D eigenvalue weighted by Crippen LogP contribution is -2.39. The zero-order chi connectivity index (χ0) is 10.6. The molecule has 0 spiro atoms. The summed E-state index contributed by atoms with van der Waals surface area (Å²) < 4.78 is 4.66. The van der Waals surface area contributed by atoms with E-state index in [4.69, 9.17) is 10.4 Å². The molecule has 0 aliphatic carbocycles. The van der Waals surface area contributed by atoms with Gasteiger partial charge in [0.2, 0.25) is 0 Å². The fraction of sp³-hybridized carbons (Fsp3) is 0.222. The van der Waals surface area contributed by atoms with Crippen molar-refractivity contribution in [1.29, 1.82) is 0 Å². The average molecular weight is 198 g/mol. The second-order valence-corrected chi connectivity index (χ2v) is 2.58. The zero-order valence-corrected chi connectivity index (χ0v) is 7.51.